The molecule has 1 aliphatic heterocycles. The average molecular weight is 170 g/mol. The molecule has 1 aliphatic rings. The van der Waals surface area contributed by atoms with Crippen molar-refractivity contribution < 1.29 is 0 Å². The van der Waals surface area contributed by atoms with E-state index in [4.69, 9.17) is 5.73 Å². The van der Waals surface area contributed by atoms with Crippen LogP contribution in [-0.2, 0) is 0 Å². The van der Waals surface area contributed by atoms with Gasteiger partial charge in [0.05, 0.1) is 0 Å². The molecular weight excluding hydrogens is 148 g/mol. The molecule has 0 bridgehead atoms. The Morgan fingerprint density at radius 3 is 2.83 bits per heavy atom. The van der Waals surface area contributed by atoms with Crippen molar-refractivity contribution in [3.63, 3.8) is 0 Å². The Kier molecular flexibility index (Phi) is 4.02. The molecule has 1 heterocycles. The van der Waals surface area contributed by atoms with Crippen LogP contribution in [-0.4, -0.2) is 30.6 Å². The fraction of sp³-hybridized carbons (Fsp3) is 1.00. The van der Waals surface area contributed by atoms with Crippen LogP contribution in [0.2, 0.25) is 0 Å². The van der Waals surface area contributed by atoms with E-state index in [1.54, 1.807) is 0 Å². The summed E-state index contributed by atoms with van der Waals surface area (Å²) in [5, 5.41) is 0. The number of nitrogens with two attached hydrogens (primary N) is 1. The van der Waals surface area contributed by atoms with Gasteiger partial charge in [0.1, 0.15) is 0 Å². The van der Waals surface area contributed by atoms with Crippen LogP contribution in [0.1, 0.15) is 33.1 Å². The van der Waals surface area contributed by atoms with Gasteiger partial charge in [-0.2, -0.15) is 0 Å². The summed E-state index contributed by atoms with van der Waals surface area (Å²) in [5.41, 5.74) is 5.48. The van der Waals surface area contributed by atoms with E-state index >= 15 is 0 Å². The van der Waals surface area contributed by atoms with E-state index in [0.29, 0.717) is 0 Å². The molecule has 0 aliphatic carbocycles. The predicted octanol–water partition coefficient (Wildman–Crippen LogP) is 1.46. The smallest absolute Gasteiger partial charge is 0.00675 e. The van der Waals surface area contributed by atoms with E-state index in [0.717, 1.165) is 18.5 Å². The molecule has 2 unspecified atom stereocenters. The summed E-state index contributed by atoms with van der Waals surface area (Å²) in [5.74, 6) is 0.908. The first-order chi connectivity index (χ1) is 5.74. The Hall–Kier alpha value is -0.0800. The third kappa shape index (κ3) is 2.76. The number of hydrogen-bond acceptors (Lipinski definition) is 2. The predicted molar refractivity (Wildman–Crippen MR) is 53.1 cm³/mol. The van der Waals surface area contributed by atoms with Crippen molar-refractivity contribution in [2.45, 2.75) is 39.2 Å². The molecule has 2 heteroatoms. The second-order valence-electron chi connectivity index (χ2n) is 4.17. The highest BCUT2D eigenvalue weighted by Crippen LogP contribution is 2.19. The van der Waals surface area contributed by atoms with Crippen molar-refractivity contribution in [2.24, 2.45) is 11.7 Å². The fourth-order valence-electron chi connectivity index (χ4n) is 1.97. The summed E-state index contributed by atoms with van der Waals surface area (Å²) < 4.78 is 0. The minimum absolute atomic E-state index is 0.749. The molecule has 0 aromatic rings. The minimum atomic E-state index is 0.749. The van der Waals surface area contributed by atoms with E-state index in [1.807, 2.05) is 0 Å². The van der Waals surface area contributed by atoms with Crippen LogP contribution in [0.25, 0.3) is 0 Å². The molecule has 0 radical (unpaired) electrons. The third-order valence-corrected chi connectivity index (χ3v) is 2.90. The molecule has 0 spiro atoms. The molecule has 1 fully saturated rings. The monoisotopic (exact) mass is 170 g/mol. The second kappa shape index (κ2) is 4.83. The largest absolute Gasteiger partial charge is 0.330 e. The third-order valence-electron chi connectivity index (χ3n) is 2.90. The Morgan fingerprint density at radius 1 is 1.58 bits per heavy atom. The molecule has 2 N–H and O–H groups in total. The van der Waals surface area contributed by atoms with Gasteiger partial charge in [0.2, 0.25) is 0 Å². The highest BCUT2D eigenvalue weighted by Gasteiger charge is 2.22. The number of hydrogen-bond donors (Lipinski definition) is 1. The van der Waals surface area contributed by atoms with Gasteiger partial charge in [0, 0.05) is 12.6 Å². The molecule has 0 saturated carbocycles. The maximum atomic E-state index is 5.48. The molecule has 0 aromatic carbocycles. The van der Waals surface area contributed by atoms with E-state index < -0.39 is 0 Å². The van der Waals surface area contributed by atoms with Crippen molar-refractivity contribution in [3.8, 4) is 0 Å². The average Bonchev–Trinajstić information content (AvgIpc) is 2.47. The molecule has 1 saturated heterocycles. The van der Waals surface area contributed by atoms with Crippen LogP contribution >= 0.6 is 0 Å². The van der Waals surface area contributed by atoms with Gasteiger partial charge in [0.25, 0.3) is 0 Å². The van der Waals surface area contributed by atoms with Crippen molar-refractivity contribution in [3.05, 3.63) is 0 Å². The lowest BCUT2D eigenvalue weighted by Gasteiger charge is -2.23. The lowest BCUT2D eigenvalue weighted by atomic mass is 10.1. The molecule has 2 nitrogen and oxygen atoms in total. The van der Waals surface area contributed by atoms with E-state index in [-0.39, 0.29) is 0 Å². The Labute approximate surface area is 76.1 Å². The van der Waals surface area contributed by atoms with Gasteiger partial charge in [-0.1, -0.05) is 6.92 Å². The van der Waals surface area contributed by atoms with Crippen molar-refractivity contribution in [2.75, 3.05) is 19.6 Å². The molecule has 72 valence electrons. The molecule has 12 heavy (non-hydrogen) atoms. The van der Waals surface area contributed by atoms with E-state index in [9.17, 15) is 0 Å². The van der Waals surface area contributed by atoms with E-state index in [2.05, 4.69) is 18.7 Å². The normalized spacial score (nSPS) is 27.8. The second-order valence-corrected chi connectivity index (χ2v) is 4.17. The summed E-state index contributed by atoms with van der Waals surface area (Å²) in [4.78, 5) is 2.60. The Morgan fingerprint density at radius 2 is 2.33 bits per heavy atom. The lowest BCUT2D eigenvalue weighted by molar-refractivity contribution is 0.237. The zero-order valence-corrected chi connectivity index (χ0v) is 8.42. The highest BCUT2D eigenvalue weighted by atomic mass is 15.2. The zero-order valence-electron chi connectivity index (χ0n) is 8.42. The number of likely N-dealkylation sites (tertiary alicyclic amines) is 1. The summed E-state index contributed by atoms with van der Waals surface area (Å²) in [7, 11) is 0. The molecule has 1 rings (SSSR count). The topological polar surface area (TPSA) is 29.3 Å². The van der Waals surface area contributed by atoms with Crippen LogP contribution < -0.4 is 5.73 Å². The molecular formula is C10H22N2. The Bertz CT molecular complexity index is 125. The van der Waals surface area contributed by atoms with Crippen LogP contribution in [0.3, 0.4) is 0 Å². The summed E-state index contributed by atoms with van der Waals surface area (Å²) >= 11 is 0. The van der Waals surface area contributed by atoms with Gasteiger partial charge in [0.15, 0.2) is 0 Å². The SMILES string of the molecule is CC1CCN(C(C)CCCN)C1. The standard InChI is InChI=1S/C10H22N2/c1-9-5-7-12(8-9)10(2)4-3-6-11/h9-10H,3-8,11H2,1-2H3. The quantitative estimate of drug-likeness (QED) is 0.692. The Balaban J connectivity index is 2.18. The van der Waals surface area contributed by atoms with Crippen molar-refractivity contribution >= 4 is 0 Å². The first-order valence-corrected chi connectivity index (χ1v) is 5.18. The van der Waals surface area contributed by atoms with Crippen LogP contribution in [0.4, 0.5) is 0 Å². The molecule has 2 atom stereocenters. The van der Waals surface area contributed by atoms with E-state index in [1.165, 1.54) is 32.4 Å². The first kappa shape index (κ1) is 10.0. The number of rotatable bonds is 4. The van der Waals surface area contributed by atoms with Gasteiger partial charge >= 0.3 is 0 Å². The highest BCUT2D eigenvalue weighted by molar-refractivity contribution is 4.76. The number of nitrogens with zero attached hydrogens (tertiary/aromatic N) is 1. The van der Waals surface area contributed by atoms with Crippen LogP contribution in [0.5, 0.6) is 0 Å². The fourth-order valence-corrected chi connectivity index (χ4v) is 1.97. The minimum Gasteiger partial charge on any atom is -0.330 e. The van der Waals surface area contributed by atoms with Crippen LogP contribution in [0, 0.1) is 5.92 Å². The maximum absolute atomic E-state index is 5.48. The van der Waals surface area contributed by atoms with Gasteiger partial charge in [-0.25, -0.2) is 0 Å². The van der Waals surface area contributed by atoms with Gasteiger partial charge in [-0.15, -0.1) is 0 Å². The molecule has 0 aromatic heterocycles. The van der Waals surface area contributed by atoms with Crippen LogP contribution in [0.15, 0.2) is 0 Å². The zero-order chi connectivity index (χ0) is 8.97. The summed E-state index contributed by atoms with van der Waals surface area (Å²) in [6, 6.07) is 0.749. The van der Waals surface area contributed by atoms with Gasteiger partial charge in [-0.05, 0) is 45.2 Å². The summed E-state index contributed by atoms with van der Waals surface area (Å²) in [6.45, 7) is 8.11. The van der Waals surface area contributed by atoms with Gasteiger partial charge < -0.3 is 10.6 Å². The van der Waals surface area contributed by atoms with Crippen molar-refractivity contribution in [1.29, 1.82) is 0 Å². The summed E-state index contributed by atoms with van der Waals surface area (Å²) in [6.07, 6.45) is 3.82. The molecule has 0 amide bonds. The van der Waals surface area contributed by atoms with Crippen molar-refractivity contribution in [1.82, 2.24) is 4.90 Å². The first-order valence-electron chi connectivity index (χ1n) is 5.18. The maximum Gasteiger partial charge on any atom is 0.00675 e. The van der Waals surface area contributed by atoms with Gasteiger partial charge in [-0.3, -0.25) is 0 Å². The lowest BCUT2D eigenvalue weighted by Crippen LogP contribution is -2.31.